The third-order valence-electron chi connectivity index (χ3n) is 7.85. The van der Waals surface area contributed by atoms with Gasteiger partial charge in [-0.25, -0.2) is 4.79 Å². The summed E-state index contributed by atoms with van der Waals surface area (Å²) in [7, 11) is 3.70. The summed E-state index contributed by atoms with van der Waals surface area (Å²) in [6.45, 7) is 0. The Kier molecular flexibility index (Phi) is 5.04. The Morgan fingerprint density at radius 3 is 2.32 bits per heavy atom. The number of anilines is 1. The third-order valence-corrected chi connectivity index (χ3v) is 7.85. The van der Waals surface area contributed by atoms with E-state index in [1.807, 2.05) is 19.2 Å². The number of aliphatic carboxylic acids is 1. The molecule has 0 spiro atoms. The van der Waals surface area contributed by atoms with E-state index < -0.39 is 5.97 Å². The van der Waals surface area contributed by atoms with Gasteiger partial charge in [-0.3, -0.25) is 0 Å². The lowest BCUT2D eigenvalue weighted by molar-refractivity contribution is -0.131. The van der Waals surface area contributed by atoms with E-state index >= 15 is 0 Å². The van der Waals surface area contributed by atoms with Crippen LogP contribution in [0.15, 0.2) is 42.5 Å². The quantitative estimate of drug-likeness (QED) is 0.569. The van der Waals surface area contributed by atoms with Crippen molar-refractivity contribution >= 4 is 17.7 Å². The van der Waals surface area contributed by atoms with Crippen LogP contribution in [-0.4, -0.2) is 25.2 Å². The van der Waals surface area contributed by atoms with Crippen molar-refractivity contribution in [1.29, 1.82) is 0 Å². The number of nitrogens with one attached hydrogen (secondary N) is 1. The van der Waals surface area contributed by atoms with Crippen molar-refractivity contribution < 1.29 is 14.6 Å². The molecule has 0 heterocycles. The zero-order chi connectivity index (χ0) is 21.6. The second-order valence-electron chi connectivity index (χ2n) is 9.84. The van der Waals surface area contributed by atoms with Gasteiger partial charge in [-0.05, 0) is 97.1 Å². The smallest absolute Gasteiger partial charge is 0.328 e. The summed E-state index contributed by atoms with van der Waals surface area (Å²) in [6.07, 6.45) is 11.0. The molecule has 0 saturated heterocycles. The number of carbonyl (C=O) groups is 1. The zero-order valence-electron chi connectivity index (χ0n) is 18.4. The summed E-state index contributed by atoms with van der Waals surface area (Å²) < 4.78 is 5.88. The van der Waals surface area contributed by atoms with E-state index in [0.29, 0.717) is 0 Å². The summed E-state index contributed by atoms with van der Waals surface area (Å²) >= 11 is 0. The lowest BCUT2D eigenvalue weighted by Gasteiger charge is -2.57. The molecule has 0 unspecified atom stereocenters. The second-order valence-corrected chi connectivity index (χ2v) is 9.84. The highest BCUT2D eigenvalue weighted by Crippen LogP contribution is 2.62. The van der Waals surface area contributed by atoms with E-state index in [2.05, 4.69) is 29.6 Å². The van der Waals surface area contributed by atoms with Gasteiger partial charge < -0.3 is 15.2 Å². The molecule has 4 bridgehead atoms. The van der Waals surface area contributed by atoms with Crippen LogP contribution in [0.4, 0.5) is 5.69 Å². The molecule has 31 heavy (non-hydrogen) atoms. The van der Waals surface area contributed by atoms with Gasteiger partial charge in [0.05, 0.1) is 7.11 Å². The average molecular weight is 418 g/mol. The maximum atomic E-state index is 10.9. The fourth-order valence-electron chi connectivity index (χ4n) is 7.02. The molecule has 4 heteroatoms. The summed E-state index contributed by atoms with van der Waals surface area (Å²) in [4.78, 5) is 10.9. The van der Waals surface area contributed by atoms with Gasteiger partial charge in [-0.2, -0.15) is 0 Å². The summed E-state index contributed by atoms with van der Waals surface area (Å²) in [5.41, 5.74) is 5.83. The number of rotatable bonds is 6. The van der Waals surface area contributed by atoms with E-state index in [9.17, 15) is 4.79 Å². The Morgan fingerprint density at radius 1 is 1.06 bits per heavy atom. The predicted octanol–water partition coefficient (Wildman–Crippen LogP) is 5.97. The minimum atomic E-state index is -0.939. The molecule has 2 N–H and O–H groups in total. The Hall–Kier alpha value is -2.75. The Bertz CT molecular complexity index is 1000. The van der Waals surface area contributed by atoms with Gasteiger partial charge in [-0.1, -0.05) is 18.2 Å². The summed E-state index contributed by atoms with van der Waals surface area (Å²) in [6, 6.07) is 12.7. The number of methoxy groups -OCH3 is 1. The van der Waals surface area contributed by atoms with Gasteiger partial charge in [0.2, 0.25) is 0 Å². The number of carboxylic acid groups (broad SMARTS) is 1. The molecule has 162 valence electrons. The molecule has 2 aromatic carbocycles. The first-order valence-electron chi connectivity index (χ1n) is 11.4. The summed E-state index contributed by atoms with van der Waals surface area (Å²) in [5, 5.41) is 12.2. The molecular formula is C27H31NO3. The van der Waals surface area contributed by atoms with Crippen LogP contribution in [0.3, 0.4) is 0 Å². The first-order valence-corrected chi connectivity index (χ1v) is 11.4. The van der Waals surface area contributed by atoms with Gasteiger partial charge in [0.15, 0.2) is 0 Å². The van der Waals surface area contributed by atoms with Crippen LogP contribution in [0.5, 0.6) is 5.75 Å². The Balaban J connectivity index is 1.56. The third kappa shape index (κ3) is 3.62. The molecule has 2 aromatic rings. The maximum Gasteiger partial charge on any atom is 0.328 e. The van der Waals surface area contributed by atoms with Crippen LogP contribution in [0, 0.1) is 17.8 Å². The van der Waals surface area contributed by atoms with Crippen LogP contribution >= 0.6 is 0 Å². The van der Waals surface area contributed by atoms with E-state index in [1.165, 1.54) is 55.7 Å². The number of hydrogen-bond acceptors (Lipinski definition) is 3. The zero-order valence-corrected chi connectivity index (χ0v) is 18.4. The standard InChI is InChI=1S/C27H31NO3/c1-28-24-12-17(4-8-26(29)30)3-6-22(24)21-5-7-25(31-2)23(13-21)27-14-18-9-19(15-27)11-20(10-18)16-27/h3-8,12-13,18-20,28H,9-11,14-16H2,1-2H3,(H,29,30). The average Bonchev–Trinajstić information content (AvgIpc) is 2.76. The van der Waals surface area contributed by atoms with Gasteiger partial charge in [0, 0.05) is 29.9 Å². The first-order chi connectivity index (χ1) is 15.0. The van der Waals surface area contributed by atoms with Crippen molar-refractivity contribution in [3.8, 4) is 16.9 Å². The molecule has 4 fully saturated rings. The summed E-state index contributed by atoms with van der Waals surface area (Å²) in [5.74, 6) is 2.73. The number of benzene rings is 2. The second kappa shape index (κ2) is 7.74. The van der Waals surface area contributed by atoms with Crippen LogP contribution in [0.2, 0.25) is 0 Å². The van der Waals surface area contributed by atoms with Crippen molar-refractivity contribution in [3.05, 3.63) is 53.6 Å². The minimum absolute atomic E-state index is 0.264. The van der Waals surface area contributed by atoms with Gasteiger partial charge in [0.1, 0.15) is 5.75 Å². The Morgan fingerprint density at radius 2 is 1.74 bits per heavy atom. The fourth-order valence-corrected chi connectivity index (χ4v) is 7.02. The van der Waals surface area contributed by atoms with Crippen molar-refractivity contribution in [2.45, 2.75) is 43.9 Å². The number of carboxylic acids is 1. The van der Waals surface area contributed by atoms with E-state index in [1.54, 1.807) is 13.2 Å². The molecule has 4 saturated carbocycles. The first kappa shape index (κ1) is 20.2. The van der Waals surface area contributed by atoms with E-state index in [-0.39, 0.29) is 5.41 Å². The van der Waals surface area contributed by atoms with E-state index in [0.717, 1.165) is 40.3 Å². The molecule has 0 radical (unpaired) electrons. The maximum absolute atomic E-state index is 10.9. The van der Waals surface area contributed by atoms with Crippen molar-refractivity contribution in [3.63, 3.8) is 0 Å². The monoisotopic (exact) mass is 417 g/mol. The van der Waals surface area contributed by atoms with Crippen molar-refractivity contribution in [1.82, 2.24) is 0 Å². The molecule has 4 nitrogen and oxygen atoms in total. The normalized spacial score (nSPS) is 28.8. The molecular weight excluding hydrogens is 386 g/mol. The molecule has 0 amide bonds. The minimum Gasteiger partial charge on any atom is -0.496 e. The highest BCUT2D eigenvalue weighted by atomic mass is 16.5. The van der Waals surface area contributed by atoms with Crippen LogP contribution in [0.1, 0.15) is 49.7 Å². The predicted molar refractivity (Wildman–Crippen MR) is 124 cm³/mol. The fraction of sp³-hybridized carbons (Fsp3) is 0.444. The van der Waals surface area contributed by atoms with Crippen molar-refractivity contribution in [2.75, 3.05) is 19.5 Å². The van der Waals surface area contributed by atoms with Crippen molar-refractivity contribution in [2.24, 2.45) is 17.8 Å². The molecule has 0 aliphatic heterocycles. The Labute approximate surface area is 184 Å². The van der Waals surface area contributed by atoms with Gasteiger partial charge in [-0.15, -0.1) is 0 Å². The number of ether oxygens (including phenoxy) is 1. The van der Waals surface area contributed by atoms with Gasteiger partial charge >= 0.3 is 5.97 Å². The highest BCUT2D eigenvalue weighted by Gasteiger charge is 2.52. The molecule has 4 aliphatic carbocycles. The van der Waals surface area contributed by atoms with Crippen LogP contribution in [-0.2, 0) is 10.2 Å². The molecule has 4 aliphatic rings. The SMILES string of the molecule is CNc1cc(C=CC(=O)O)ccc1-c1ccc(OC)c(C23CC4CC(CC(C4)C2)C3)c1. The van der Waals surface area contributed by atoms with Crippen LogP contribution < -0.4 is 10.1 Å². The molecule has 6 rings (SSSR count). The molecule has 0 atom stereocenters. The topological polar surface area (TPSA) is 58.6 Å². The highest BCUT2D eigenvalue weighted by molar-refractivity contribution is 5.87. The van der Waals surface area contributed by atoms with E-state index in [4.69, 9.17) is 9.84 Å². The lowest BCUT2D eigenvalue weighted by atomic mass is 9.48. The largest absolute Gasteiger partial charge is 0.496 e. The van der Waals surface area contributed by atoms with Crippen LogP contribution in [0.25, 0.3) is 17.2 Å². The lowest BCUT2D eigenvalue weighted by Crippen LogP contribution is -2.48. The molecule has 0 aromatic heterocycles. The van der Waals surface area contributed by atoms with Gasteiger partial charge in [0.25, 0.3) is 0 Å². The number of hydrogen-bond donors (Lipinski definition) is 2.